The Morgan fingerprint density at radius 1 is 1.30 bits per heavy atom. The second-order valence-electron chi connectivity index (χ2n) is 5.76. The van der Waals surface area contributed by atoms with Crippen molar-refractivity contribution in [1.29, 1.82) is 0 Å². The third kappa shape index (κ3) is 2.18. The molecule has 0 aliphatic carbocycles. The zero-order chi connectivity index (χ0) is 14.1. The summed E-state index contributed by atoms with van der Waals surface area (Å²) in [6.07, 6.45) is 3.52. The summed E-state index contributed by atoms with van der Waals surface area (Å²) >= 11 is 0. The van der Waals surface area contributed by atoms with Crippen LogP contribution in [0.3, 0.4) is 0 Å². The van der Waals surface area contributed by atoms with E-state index in [1.54, 1.807) is 0 Å². The normalized spacial score (nSPS) is 18.1. The molecule has 0 saturated carbocycles. The lowest BCUT2D eigenvalue weighted by atomic mass is 9.99. The predicted molar refractivity (Wildman–Crippen MR) is 83.8 cm³/mol. The van der Waals surface area contributed by atoms with Gasteiger partial charge in [0.2, 0.25) is 5.95 Å². The zero-order valence-electron chi connectivity index (χ0n) is 12.5. The van der Waals surface area contributed by atoms with Gasteiger partial charge in [0.05, 0.1) is 11.0 Å². The highest BCUT2D eigenvalue weighted by Gasteiger charge is 2.26. The van der Waals surface area contributed by atoms with Crippen LogP contribution in [0.4, 0.5) is 5.95 Å². The Balaban J connectivity index is 1.95. The van der Waals surface area contributed by atoms with Gasteiger partial charge in [0.1, 0.15) is 0 Å². The van der Waals surface area contributed by atoms with Crippen molar-refractivity contribution in [1.82, 2.24) is 14.5 Å². The average Bonchev–Trinajstić information content (AvgIpc) is 2.77. The van der Waals surface area contributed by atoms with E-state index < -0.39 is 0 Å². The maximum atomic E-state index is 6.11. The minimum Gasteiger partial charge on any atom is -0.369 e. The number of nitrogens with zero attached hydrogens (tertiary/aromatic N) is 3. The van der Waals surface area contributed by atoms with Crippen LogP contribution in [0.25, 0.3) is 11.0 Å². The van der Waals surface area contributed by atoms with Crippen molar-refractivity contribution in [3.63, 3.8) is 0 Å². The van der Waals surface area contributed by atoms with Crippen molar-refractivity contribution in [2.24, 2.45) is 0 Å². The highest BCUT2D eigenvalue weighted by molar-refractivity contribution is 5.82. The summed E-state index contributed by atoms with van der Waals surface area (Å²) in [6, 6.07) is 6.93. The Labute approximate surface area is 120 Å². The van der Waals surface area contributed by atoms with Gasteiger partial charge in [-0.05, 0) is 44.0 Å². The fraction of sp³-hybridized carbons (Fsp3) is 0.562. The Hall–Kier alpha value is -1.55. The molecule has 1 atom stereocenters. The number of hydrogen-bond donors (Lipinski definition) is 1. The number of hydrogen-bond acceptors (Lipinski definition) is 3. The maximum absolute atomic E-state index is 6.11. The number of benzene rings is 1. The van der Waals surface area contributed by atoms with E-state index in [4.69, 9.17) is 5.73 Å². The molecule has 0 saturated heterocycles. The first-order valence-electron chi connectivity index (χ1n) is 7.72. The van der Waals surface area contributed by atoms with Crippen molar-refractivity contribution < 1.29 is 0 Å². The van der Waals surface area contributed by atoms with Crippen molar-refractivity contribution in [2.45, 2.75) is 45.7 Å². The molecule has 0 spiro atoms. The summed E-state index contributed by atoms with van der Waals surface area (Å²) < 4.78 is 2.21. The van der Waals surface area contributed by atoms with E-state index in [1.807, 2.05) is 0 Å². The quantitative estimate of drug-likeness (QED) is 0.910. The number of aromatic nitrogens is 2. The van der Waals surface area contributed by atoms with Crippen LogP contribution in [0.1, 0.15) is 32.3 Å². The fourth-order valence-electron chi connectivity index (χ4n) is 3.45. The molecule has 20 heavy (non-hydrogen) atoms. The molecule has 1 aliphatic rings. The Kier molecular flexibility index (Phi) is 3.66. The minimum atomic E-state index is 0.546. The van der Waals surface area contributed by atoms with E-state index in [0.29, 0.717) is 12.0 Å². The van der Waals surface area contributed by atoms with E-state index in [-0.39, 0.29) is 0 Å². The Bertz CT molecular complexity index is 596. The zero-order valence-corrected chi connectivity index (χ0v) is 12.5. The second kappa shape index (κ2) is 5.44. The first-order valence-corrected chi connectivity index (χ1v) is 7.72. The second-order valence-corrected chi connectivity index (χ2v) is 5.76. The first kappa shape index (κ1) is 13.4. The van der Waals surface area contributed by atoms with Crippen LogP contribution in [0.2, 0.25) is 0 Å². The van der Waals surface area contributed by atoms with Gasteiger partial charge in [-0.25, -0.2) is 4.98 Å². The van der Waals surface area contributed by atoms with Crippen LogP contribution in [0.5, 0.6) is 0 Å². The van der Waals surface area contributed by atoms with E-state index in [1.165, 1.54) is 37.0 Å². The lowest BCUT2D eigenvalue weighted by molar-refractivity contribution is 0.174. The SMILES string of the molecule is CCCN(CCC)C1Cc2cccc3nc(N)n(c23)C1. The molecule has 0 amide bonds. The van der Waals surface area contributed by atoms with Crippen molar-refractivity contribution in [3.05, 3.63) is 23.8 Å². The van der Waals surface area contributed by atoms with E-state index >= 15 is 0 Å². The van der Waals surface area contributed by atoms with Crippen LogP contribution < -0.4 is 5.73 Å². The molecule has 0 bridgehead atoms. The number of rotatable bonds is 5. The number of nitrogen functional groups attached to an aromatic ring is 1. The van der Waals surface area contributed by atoms with Crippen LogP contribution in [-0.2, 0) is 13.0 Å². The highest BCUT2D eigenvalue weighted by atomic mass is 15.2. The van der Waals surface area contributed by atoms with Crippen molar-refractivity contribution >= 4 is 17.0 Å². The molecule has 1 aromatic carbocycles. The maximum Gasteiger partial charge on any atom is 0.201 e. The van der Waals surface area contributed by atoms with Gasteiger partial charge in [-0.1, -0.05) is 26.0 Å². The molecule has 1 aromatic heterocycles. The Morgan fingerprint density at radius 3 is 2.75 bits per heavy atom. The summed E-state index contributed by atoms with van der Waals surface area (Å²) in [7, 11) is 0. The topological polar surface area (TPSA) is 47.1 Å². The number of anilines is 1. The van der Waals surface area contributed by atoms with Crippen LogP contribution in [0, 0.1) is 0 Å². The Morgan fingerprint density at radius 2 is 2.05 bits per heavy atom. The molecule has 0 radical (unpaired) electrons. The lowest BCUT2D eigenvalue weighted by Gasteiger charge is -2.34. The number of imidazole rings is 1. The van der Waals surface area contributed by atoms with Crippen LogP contribution >= 0.6 is 0 Å². The molecule has 4 heteroatoms. The molecule has 2 heterocycles. The van der Waals surface area contributed by atoms with Crippen LogP contribution in [0.15, 0.2) is 18.2 Å². The lowest BCUT2D eigenvalue weighted by Crippen LogP contribution is -2.42. The summed E-state index contributed by atoms with van der Waals surface area (Å²) in [6.45, 7) is 7.81. The standard InChI is InChI=1S/C16H24N4/c1-3-8-19(9-4-2)13-10-12-6-5-7-14-15(12)20(11-13)16(17)18-14/h5-7,13H,3-4,8-11H2,1-2H3,(H2,17,18). The van der Waals surface area contributed by atoms with E-state index in [0.717, 1.165) is 18.5 Å². The summed E-state index contributed by atoms with van der Waals surface area (Å²) in [5, 5.41) is 0. The predicted octanol–water partition coefficient (Wildman–Crippen LogP) is 2.67. The van der Waals surface area contributed by atoms with Gasteiger partial charge in [-0.2, -0.15) is 0 Å². The van der Waals surface area contributed by atoms with E-state index in [9.17, 15) is 0 Å². The van der Waals surface area contributed by atoms with Gasteiger partial charge >= 0.3 is 0 Å². The third-order valence-electron chi connectivity index (χ3n) is 4.27. The van der Waals surface area contributed by atoms with Crippen molar-refractivity contribution in [3.8, 4) is 0 Å². The van der Waals surface area contributed by atoms with Crippen molar-refractivity contribution in [2.75, 3.05) is 18.8 Å². The third-order valence-corrected chi connectivity index (χ3v) is 4.27. The summed E-state index contributed by atoms with van der Waals surface area (Å²) in [5.41, 5.74) is 9.78. The van der Waals surface area contributed by atoms with Gasteiger partial charge in [-0.15, -0.1) is 0 Å². The fourth-order valence-corrected chi connectivity index (χ4v) is 3.45. The molecular weight excluding hydrogens is 248 g/mol. The molecule has 1 unspecified atom stereocenters. The number of para-hydroxylation sites is 1. The molecule has 2 N–H and O–H groups in total. The molecule has 4 nitrogen and oxygen atoms in total. The van der Waals surface area contributed by atoms with Gasteiger partial charge in [-0.3, -0.25) is 4.90 Å². The van der Waals surface area contributed by atoms with E-state index in [2.05, 4.69) is 46.5 Å². The molecule has 3 rings (SSSR count). The summed E-state index contributed by atoms with van der Waals surface area (Å²) in [5.74, 6) is 0.657. The molecule has 0 fully saturated rings. The smallest absolute Gasteiger partial charge is 0.201 e. The highest BCUT2D eigenvalue weighted by Crippen LogP contribution is 2.29. The number of nitrogens with two attached hydrogens (primary N) is 1. The van der Waals surface area contributed by atoms with Gasteiger partial charge < -0.3 is 10.3 Å². The van der Waals surface area contributed by atoms with Crippen LogP contribution in [-0.4, -0.2) is 33.6 Å². The van der Waals surface area contributed by atoms with Gasteiger partial charge in [0, 0.05) is 12.6 Å². The largest absolute Gasteiger partial charge is 0.369 e. The van der Waals surface area contributed by atoms with Gasteiger partial charge in [0.25, 0.3) is 0 Å². The summed E-state index contributed by atoms with van der Waals surface area (Å²) in [4.78, 5) is 7.11. The average molecular weight is 272 g/mol. The molecule has 108 valence electrons. The minimum absolute atomic E-state index is 0.546. The van der Waals surface area contributed by atoms with Gasteiger partial charge in [0.15, 0.2) is 0 Å². The first-order chi connectivity index (χ1) is 9.74. The molecule has 2 aromatic rings. The molecular formula is C16H24N4. The molecule has 1 aliphatic heterocycles. The monoisotopic (exact) mass is 272 g/mol.